The smallest absolute Gasteiger partial charge is 0.133 e. The molecule has 0 amide bonds. The van der Waals surface area contributed by atoms with Crippen molar-refractivity contribution in [1.82, 2.24) is 4.98 Å². The standard InChI is InChI=1S/C11H12FN3/c1-2-14-11-9-5-7(12)6-10(13)8(9)3-4-15-11/h3-6H,2,13H2,1H3,(H,14,15). The number of nitrogens with two attached hydrogens (primary N) is 1. The molecule has 1 aromatic heterocycles. The summed E-state index contributed by atoms with van der Waals surface area (Å²) in [6.45, 7) is 2.70. The molecule has 3 nitrogen and oxygen atoms in total. The number of halogens is 1. The minimum atomic E-state index is -0.341. The van der Waals surface area contributed by atoms with Crippen molar-refractivity contribution in [2.24, 2.45) is 0 Å². The highest BCUT2D eigenvalue weighted by Crippen LogP contribution is 2.26. The molecule has 15 heavy (non-hydrogen) atoms. The van der Waals surface area contributed by atoms with Gasteiger partial charge in [0.1, 0.15) is 11.6 Å². The molecule has 0 spiro atoms. The van der Waals surface area contributed by atoms with E-state index < -0.39 is 0 Å². The zero-order chi connectivity index (χ0) is 10.8. The zero-order valence-electron chi connectivity index (χ0n) is 8.42. The lowest BCUT2D eigenvalue weighted by atomic mass is 10.1. The van der Waals surface area contributed by atoms with Crippen molar-refractivity contribution in [3.8, 4) is 0 Å². The van der Waals surface area contributed by atoms with Crippen LogP contribution in [-0.2, 0) is 0 Å². The van der Waals surface area contributed by atoms with Gasteiger partial charge in [0.15, 0.2) is 0 Å². The minimum Gasteiger partial charge on any atom is -0.398 e. The highest BCUT2D eigenvalue weighted by atomic mass is 19.1. The van der Waals surface area contributed by atoms with Crippen LogP contribution in [0.2, 0.25) is 0 Å². The second-order valence-electron chi connectivity index (χ2n) is 3.28. The van der Waals surface area contributed by atoms with Crippen LogP contribution in [0, 0.1) is 5.82 Å². The van der Waals surface area contributed by atoms with Gasteiger partial charge >= 0.3 is 0 Å². The fraction of sp³-hybridized carbons (Fsp3) is 0.182. The lowest BCUT2D eigenvalue weighted by Gasteiger charge is -2.08. The van der Waals surface area contributed by atoms with Gasteiger partial charge in [-0.15, -0.1) is 0 Å². The molecule has 0 saturated heterocycles. The van der Waals surface area contributed by atoms with Crippen molar-refractivity contribution < 1.29 is 4.39 Å². The molecule has 0 saturated carbocycles. The monoisotopic (exact) mass is 205 g/mol. The summed E-state index contributed by atoms with van der Waals surface area (Å²) in [5.74, 6) is 0.327. The average Bonchev–Trinajstić information content (AvgIpc) is 2.19. The van der Waals surface area contributed by atoms with E-state index in [1.807, 2.05) is 6.92 Å². The summed E-state index contributed by atoms with van der Waals surface area (Å²) in [6.07, 6.45) is 1.66. The highest BCUT2D eigenvalue weighted by Gasteiger charge is 2.05. The van der Waals surface area contributed by atoms with E-state index in [4.69, 9.17) is 5.73 Å². The molecule has 0 aliphatic heterocycles. The zero-order valence-corrected chi connectivity index (χ0v) is 8.42. The number of hydrogen-bond donors (Lipinski definition) is 2. The predicted octanol–water partition coefficient (Wildman–Crippen LogP) is 2.39. The number of pyridine rings is 1. The summed E-state index contributed by atoms with van der Waals surface area (Å²) in [5, 5.41) is 4.61. The Morgan fingerprint density at radius 1 is 1.40 bits per heavy atom. The molecule has 0 atom stereocenters. The van der Waals surface area contributed by atoms with Crippen LogP contribution in [0.25, 0.3) is 10.8 Å². The number of nitrogen functional groups attached to an aromatic ring is 1. The van der Waals surface area contributed by atoms with Gasteiger partial charge in [-0.2, -0.15) is 0 Å². The first kappa shape index (κ1) is 9.71. The van der Waals surface area contributed by atoms with Crippen LogP contribution in [0.4, 0.5) is 15.9 Å². The number of hydrogen-bond acceptors (Lipinski definition) is 3. The predicted molar refractivity (Wildman–Crippen MR) is 60.3 cm³/mol. The second kappa shape index (κ2) is 3.73. The Labute approximate surface area is 87.1 Å². The summed E-state index contributed by atoms with van der Waals surface area (Å²) >= 11 is 0. The number of nitrogens with one attached hydrogen (secondary N) is 1. The molecule has 1 heterocycles. The Bertz CT molecular complexity index is 496. The maximum absolute atomic E-state index is 13.2. The maximum atomic E-state index is 13.2. The third-order valence-corrected chi connectivity index (χ3v) is 2.22. The van der Waals surface area contributed by atoms with Gasteiger partial charge < -0.3 is 11.1 Å². The highest BCUT2D eigenvalue weighted by molar-refractivity contribution is 5.99. The number of aromatic nitrogens is 1. The van der Waals surface area contributed by atoms with Crippen LogP contribution in [0.15, 0.2) is 24.4 Å². The summed E-state index contributed by atoms with van der Waals surface area (Å²) in [7, 11) is 0. The Hall–Kier alpha value is -1.84. The average molecular weight is 205 g/mol. The topological polar surface area (TPSA) is 50.9 Å². The first-order valence-corrected chi connectivity index (χ1v) is 4.80. The van der Waals surface area contributed by atoms with Gasteiger partial charge in [-0.1, -0.05) is 0 Å². The molecular weight excluding hydrogens is 193 g/mol. The molecule has 0 aliphatic carbocycles. The van der Waals surface area contributed by atoms with Crippen molar-refractivity contribution in [2.75, 3.05) is 17.6 Å². The molecule has 0 fully saturated rings. The minimum absolute atomic E-state index is 0.341. The number of fused-ring (bicyclic) bond motifs is 1. The van der Waals surface area contributed by atoms with Crippen molar-refractivity contribution >= 4 is 22.3 Å². The fourth-order valence-electron chi connectivity index (χ4n) is 1.59. The molecular formula is C11H12FN3. The van der Waals surface area contributed by atoms with E-state index in [9.17, 15) is 4.39 Å². The van der Waals surface area contributed by atoms with Gasteiger partial charge in [0.25, 0.3) is 0 Å². The molecule has 2 rings (SSSR count). The Balaban J connectivity index is 2.73. The molecule has 0 unspecified atom stereocenters. The summed E-state index contributed by atoms with van der Waals surface area (Å²) < 4.78 is 13.2. The van der Waals surface area contributed by atoms with Crippen LogP contribution < -0.4 is 11.1 Å². The first-order chi connectivity index (χ1) is 7.22. The summed E-state index contributed by atoms with van der Waals surface area (Å²) in [5.41, 5.74) is 6.16. The maximum Gasteiger partial charge on any atom is 0.133 e. The van der Waals surface area contributed by atoms with E-state index in [1.54, 1.807) is 12.3 Å². The number of benzene rings is 1. The van der Waals surface area contributed by atoms with Gasteiger partial charge in [-0.3, -0.25) is 0 Å². The van der Waals surface area contributed by atoms with E-state index in [0.717, 1.165) is 17.3 Å². The van der Waals surface area contributed by atoms with E-state index >= 15 is 0 Å². The van der Waals surface area contributed by atoms with Crippen LogP contribution in [0.1, 0.15) is 6.92 Å². The SMILES string of the molecule is CCNc1nccc2c(N)cc(F)cc12. The number of anilines is 2. The Kier molecular flexibility index (Phi) is 2.41. The second-order valence-corrected chi connectivity index (χ2v) is 3.28. The molecule has 78 valence electrons. The fourth-order valence-corrected chi connectivity index (χ4v) is 1.59. The van der Waals surface area contributed by atoms with Crippen LogP contribution >= 0.6 is 0 Å². The molecule has 1 aromatic carbocycles. The summed E-state index contributed by atoms with van der Waals surface area (Å²) in [4.78, 5) is 4.15. The molecule has 0 bridgehead atoms. The first-order valence-electron chi connectivity index (χ1n) is 4.80. The van der Waals surface area contributed by atoms with Gasteiger partial charge in [0, 0.05) is 29.2 Å². The molecule has 3 N–H and O–H groups in total. The third-order valence-electron chi connectivity index (χ3n) is 2.22. The van der Waals surface area contributed by atoms with Crippen LogP contribution in [0.5, 0.6) is 0 Å². The van der Waals surface area contributed by atoms with Crippen molar-refractivity contribution in [3.63, 3.8) is 0 Å². The van der Waals surface area contributed by atoms with Crippen molar-refractivity contribution in [3.05, 3.63) is 30.2 Å². The van der Waals surface area contributed by atoms with E-state index in [1.165, 1.54) is 12.1 Å². The third kappa shape index (κ3) is 1.70. The molecule has 0 radical (unpaired) electrons. The lowest BCUT2D eigenvalue weighted by molar-refractivity contribution is 0.630. The van der Waals surface area contributed by atoms with Gasteiger partial charge in [-0.05, 0) is 25.1 Å². The van der Waals surface area contributed by atoms with Gasteiger partial charge in [-0.25, -0.2) is 9.37 Å². The van der Waals surface area contributed by atoms with Gasteiger partial charge in [0.05, 0.1) is 0 Å². The van der Waals surface area contributed by atoms with Gasteiger partial charge in [0.2, 0.25) is 0 Å². The van der Waals surface area contributed by atoms with E-state index in [0.29, 0.717) is 11.5 Å². The number of rotatable bonds is 2. The van der Waals surface area contributed by atoms with E-state index in [2.05, 4.69) is 10.3 Å². The quantitative estimate of drug-likeness (QED) is 0.740. The number of nitrogens with zero attached hydrogens (tertiary/aromatic N) is 1. The largest absolute Gasteiger partial charge is 0.398 e. The molecule has 0 aliphatic rings. The Morgan fingerprint density at radius 3 is 2.93 bits per heavy atom. The van der Waals surface area contributed by atoms with Crippen LogP contribution in [0.3, 0.4) is 0 Å². The summed E-state index contributed by atoms with van der Waals surface area (Å²) in [6, 6.07) is 4.54. The Morgan fingerprint density at radius 2 is 2.20 bits per heavy atom. The molecule has 2 aromatic rings. The normalized spacial score (nSPS) is 10.5. The molecule has 4 heteroatoms. The van der Waals surface area contributed by atoms with E-state index in [-0.39, 0.29) is 5.82 Å². The van der Waals surface area contributed by atoms with Crippen LogP contribution in [-0.4, -0.2) is 11.5 Å². The van der Waals surface area contributed by atoms with Crippen molar-refractivity contribution in [2.45, 2.75) is 6.92 Å². The van der Waals surface area contributed by atoms with Crippen molar-refractivity contribution in [1.29, 1.82) is 0 Å². The lowest BCUT2D eigenvalue weighted by Crippen LogP contribution is -2.00.